The van der Waals surface area contributed by atoms with Crippen molar-refractivity contribution in [2.45, 2.75) is 26.7 Å². The van der Waals surface area contributed by atoms with E-state index in [-0.39, 0.29) is 0 Å². The van der Waals surface area contributed by atoms with Gasteiger partial charge in [0.2, 0.25) is 5.90 Å². The Bertz CT molecular complexity index is 963. The van der Waals surface area contributed by atoms with Crippen LogP contribution in [-0.2, 0) is 17.6 Å². The molecule has 0 aromatic heterocycles. The van der Waals surface area contributed by atoms with E-state index in [9.17, 15) is 0 Å². The average molecular weight is 386 g/mol. The van der Waals surface area contributed by atoms with E-state index in [1.54, 1.807) is 0 Å². The second-order valence-electron chi connectivity index (χ2n) is 6.90. The minimum Gasteiger partial charge on any atom is -0.451 e. The predicted octanol–water partition coefficient (Wildman–Crippen LogP) is 5.10. The quantitative estimate of drug-likeness (QED) is 0.599. The topological polar surface area (TPSA) is 54.1 Å². The molecule has 5 heteroatoms. The molecule has 0 radical (unpaired) electrons. The summed E-state index contributed by atoms with van der Waals surface area (Å²) in [5, 5.41) is 8.77. The van der Waals surface area contributed by atoms with Crippen molar-refractivity contribution in [2.75, 3.05) is 17.5 Å². The smallest absolute Gasteiger partial charge is 0.242 e. The van der Waals surface area contributed by atoms with Crippen molar-refractivity contribution in [2.24, 2.45) is 5.10 Å². The highest BCUT2D eigenvalue weighted by molar-refractivity contribution is 5.97. The van der Waals surface area contributed by atoms with Gasteiger partial charge in [0.15, 0.2) is 6.73 Å². The third kappa shape index (κ3) is 3.63. The Kier molecular flexibility index (Phi) is 5.38. The van der Waals surface area contributed by atoms with Crippen molar-refractivity contribution in [3.05, 3.63) is 89.5 Å². The lowest BCUT2D eigenvalue weighted by molar-refractivity contribution is 0.170. The normalized spacial score (nSPS) is 13.2. The van der Waals surface area contributed by atoms with Crippen molar-refractivity contribution >= 4 is 23.0 Å². The highest BCUT2D eigenvalue weighted by Crippen LogP contribution is 2.31. The van der Waals surface area contributed by atoms with Crippen LogP contribution in [0.25, 0.3) is 0 Å². The van der Waals surface area contributed by atoms with Crippen molar-refractivity contribution in [3.63, 3.8) is 0 Å². The van der Waals surface area contributed by atoms with Crippen LogP contribution in [0.2, 0.25) is 0 Å². The number of rotatable bonds is 6. The lowest BCUT2D eigenvalue weighted by Crippen LogP contribution is -2.33. The van der Waals surface area contributed by atoms with Gasteiger partial charge in [-0.2, -0.15) is 5.12 Å². The standard InChI is InChI=1S/C24H26N4O/c1-3-20-21(4-2)23(25)16-15-22(20)24-26-27(17-29-24)28(18-11-7-5-8-12-18)19-13-9-6-10-14-19/h5-16H,3-4,17,25H2,1-2H3. The minimum atomic E-state index is 0.341. The molecule has 0 saturated carbocycles. The molecule has 148 valence electrons. The van der Waals surface area contributed by atoms with Gasteiger partial charge in [-0.3, -0.25) is 0 Å². The summed E-state index contributed by atoms with van der Waals surface area (Å²) in [4.78, 5) is 0. The van der Waals surface area contributed by atoms with Gasteiger partial charge >= 0.3 is 0 Å². The van der Waals surface area contributed by atoms with Crippen LogP contribution in [0, 0.1) is 0 Å². The highest BCUT2D eigenvalue weighted by Gasteiger charge is 2.26. The van der Waals surface area contributed by atoms with E-state index in [2.05, 4.69) is 43.1 Å². The Morgan fingerprint density at radius 2 is 1.45 bits per heavy atom. The van der Waals surface area contributed by atoms with Gasteiger partial charge < -0.3 is 10.5 Å². The van der Waals surface area contributed by atoms with E-state index >= 15 is 0 Å². The van der Waals surface area contributed by atoms with Crippen LogP contribution in [0.1, 0.15) is 30.5 Å². The zero-order valence-electron chi connectivity index (χ0n) is 16.9. The van der Waals surface area contributed by atoms with Gasteiger partial charge in [0, 0.05) is 11.3 Å². The zero-order chi connectivity index (χ0) is 20.2. The first-order valence-corrected chi connectivity index (χ1v) is 10.0. The third-order valence-electron chi connectivity index (χ3n) is 5.16. The van der Waals surface area contributed by atoms with Gasteiger partial charge in [-0.25, -0.2) is 5.01 Å². The summed E-state index contributed by atoms with van der Waals surface area (Å²) in [6.07, 6.45) is 1.77. The first kappa shape index (κ1) is 18.9. The van der Waals surface area contributed by atoms with Crippen LogP contribution in [0.4, 0.5) is 17.1 Å². The first-order valence-electron chi connectivity index (χ1n) is 10.0. The number of hydrogen-bond donors (Lipinski definition) is 1. The molecule has 1 heterocycles. The Hall–Kier alpha value is -3.47. The molecule has 0 amide bonds. The molecule has 0 aliphatic carbocycles. The number of anilines is 3. The van der Waals surface area contributed by atoms with Crippen LogP contribution in [0.5, 0.6) is 0 Å². The molecular weight excluding hydrogens is 360 g/mol. The van der Waals surface area contributed by atoms with Crippen molar-refractivity contribution in [1.29, 1.82) is 0 Å². The zero-order valence-corrected chi connectivity index (χ0v) is 16.9. The molecule has 3 aromatic rings. The van der Waals surface area contributed by atoms with Gasteiger partial charge in [0.25, 0.3) is 0 Å². The molecule has 0 spiro atoms. The molecule has 1 aliphatic rings. The molecule has 0 fully saturated rings. The molecule has 0 saturated heterocycles. The SMILES string of the molecule is CCc1c(N)ccc(C2=NN(N(c3ccccc3)c3ccccc3)CO2)c1CC. The summed E-state index contributed by atoms with van der Waals surface area (Å²) in [6, 6.07) is 24.3. The summed E-state index contributed by atoms with van der Waals surface area (Å²) >= 11 is 0. The fraction of sp³-hybridized carbons (Fsp3) is 0.208. The number of hydrogen-bond acceptors (Lipinski definition) is 5. The number of benzene rings is 3. The maximum atomic E-state index is 6.20. The molecule has 2 N–H and O–H groups in total. The number of nitrogen functional groups attached to an aromatic ring is 1. The van der Waals surface area contributed by atoms with Gasteiger partial charge in [-0.15, -0.1) is 5.10 Å². The molecule has 0 unspecified atom stereocenters. The molecule has 0 atom stereocenters. The largest absolute Gasteiger partial charge is 0.451 e. The number of nitrogens with zero attached hydrogens (tertiary/aromatic N) is 3. The number of ether oxygens (including phenoxy) is 1. The van der Waals surface area contributed by atoms with Gasteiger partial charge in [0.1, 0.15) is 0 Å². The molecule has 5 nitrogen and oxygen atoms in total. The second kappa shape index (κ2) is 8.27. The number of para-hydroxylation sites is 2. The lowest BCUT2D eigenvalue weighted by atomic mass is 9.95. The van der Waals surface area contributed by atoms with Crippen LogP contribution >= 0.6 is 0 Å². The van der Waals surface area contributed by atoms with Crippen molar-refractivity contribution in [3.8, 4) is 0 Å². The van der Waals surface area contributed by atoms with E-state index in [1.807, 2.05) is 53.6 Å². The van der Waals surface area contributed by atoms with Gasteiger partial charge in [-0.1, -0.05) is 50.2 Å². The van der Waals surface area contributed by atoms with Crippen LogP contribution in [0.3, 0.4) is 0 Å². The fourth-order valence-corrected chi connectivity index (χ4v) is 3.80. The van der Waals surface area contributed by atoms with E-state index in [0.717, 1.165) is 35.5 Å². The predicted molar refractivity (Wildman–Crippen MR) is 119 cm³/mol. The molecule has 1 aliphatic heterocycles. The molecular formula is C24H26N4O. The first-order chi connectivity index (χ1) is 14.2. The Labute approximate surface area is 172 Å². The number of hydrazine groups is 1. The van der Waals surface area contributed by atoms with Crippen molar-refractivity contribution < 1.29 is 4.74 Å². The van der Waals surface area contributed by atoms with Crippen LogP contribution < -0.4 is 10.7 Å². The highest BCUT2D eigenvalue weighted by atomic mass is 16.5. The Morgan fingerprint density at radius 3 is 2.00 bits per heavy atom. The Morgan fingerprint density at radius 1 is 0.862 bits per heavy atom. The van der Waals surface area contributed by atoms with E-state index < -0.39 is 0 Å². The van der Waals surface area contributed by atoms with Crippen LogP contribution in [0.15, 0.2) is 77.9 Å². The summed E-state index contributed by atoms with van der Waals surface area (Å²) in [5.41, 5.74) is 12.5. The van der Waals surface area contributed by atoms with Gasteiger partial charge in [0.05, 0.1) is 11.4 Å². The van der Waals surface area contributed by atoms with Gasteiger partial charge in [-0.05, 0) is 60.4 Å². The maximum absolute atomic E-state index is 6.20. The maximum Gasteiger partial charge on any atom is 0.242 e. The summed E-state index contributed by atoms with van der Waals surface area (Å²) in [6.45, 7) is 4.61. The van der Waals surface area contributed by atoms with E-state index in [0.29, 0.717) is 12.6 Å². The lowest BCUT2D eigenvalue weighted by Gasteiger charge is -2.30. The third-order valence-corrected chi connectivity index (χ3v) is 5.16. The number of nitrogens with two attached hydrogens (primary N) is 1. The monoisotopic (exact) mass is 386 g/mol. The molecule has 3 aromatic carbocycles. The van der Waals surface area contributed by atoms with Crippen LogP contribution in [-0.4, -0.2) is 17.7 Å². The molecule has 0 bridgehead atoms. The van der Waals surface area contributed by atoms with E-state index in [4.69, 9.17) is 15.6 Å². The van der Waals surface area contributed by atoms with Crippen molar-refractivity contribution in [1.82, 2.24) is 5.12 Å². The summed E-state index contributed by atoms with van der Waals surface area (Å²) in [7, 11) is 0. The minimum absolute atomic E-state index is 0.341. The second-order valence-corrected chi connectivity index (χ2v) is 6.90. The van der Waals surface area contributed by atoms with E-state index in [1.165, 1.54) is 11.1 Å². The average Bonchev–Trinajstić information content (AvgIpc) is 3.24. The molecule has 29 heavy (non-hydrogen) atoms. The summed E-state index contributed by atoms with van der Waals surface area (Å²) < 4.78 is 6.05. The Balaban J connectivity index is 1.75. The number of hydrazone groups is 1. The fourth-order valence-electron chi connectivity index (χ4n) is 3.80. The summed E-state index contributed by atoms with van der Waals surface area (Å²) in [5.74, 6) is 0.633. The molecule has 4 rings (SSSR count).